The van der Waals surface area contributed by atoms with Gasteiger partial charge in [0.1, 0.15) is 0 Å². The van der Waals surface area contributed by atoms with Crippen molar-refractivity contribution in [3.05, 3.63) is 54.4 Å². The number of hydrogen-bond donors (Lipinski definition) is 1. The van der Waals surface area contributed by atoms with Gasteiger partial charge in [0.25, 0.3) is 0 Å². The van der Waals surface area contributed by atoms with Crippen LogP contribution in [0.5, 0.6) is 0 Å². The van der Waals surface area contributed by atoms with Gasteiger partial charge in [0.05, 0.1) is 0 Å². The molecule has 1 saturated carbocycles. The molecule has 1 fully saturated rings. The van der Waals surface area contributed by atoms with E-state index in [0.29, 0.717) is 0 Å². The van der Waals surface area contributed by atoms with E-state index in [2.05, 4.69) is 40.6 Å². The molecule has 1 aromatic heterocycles. The zero-order valence-corrected chi connectivity index (χ0v) is 9.76. The van der Waals surface area contributed by atoms with Gasteiger partial charge in [-0.15, -0.1) is 0 Å². The molecule has 0 aliphatic heterocycles. The fraction of sp³-hybridized carbons (Fsp3) is 0.267. The Morgan fingerprint density at radius 1 is 1.06 bits per heavy atom. The molecule has 0 saturated heterocycles. The molecule has 0 bridgehead atoms. The van der Waals surface area contributed by atoms with E-state index in [9.17, 15) is 0 Å². The highest BCUT2D eigenvalue weighted by molar-refractivity contribution is 5.62. The van der Waals surface area contributed by atoms with E-state index in [-0.39, 0.29) is 0 Å². The summed E-state index contributed by atoms with van der Waals surface area (Å²) in [6.45, 7) is 0.984. The average molecular weight is 224 g/mol. The van der Waals surface area contributed by atoms with Crippen molar-refractivity contribution >= 4 is 0 Å². The normalized spacial score (nSPS) is 14.8. The molecule has 0 atom stereocenters. The molecule has 0 spiro atoms. The van der Waals surface area contributed by atoms with Crippen molar-refractivity contribution in [2.24, 2.45) is 0 Å². The highest BCUT2D eigenvalue weighted by Gasteiger charge is 2.19. The van der Waals surface area contributed by atoms with Crippen LogP contribution in [-0.4, -0.2) is 11.0 Å². The van der Waals surface area contributed by atoms with Crippen molar-refractivity contribution in [2.75, 3.05) is 0 Å². The first kappa shape index (κ1) is 10.5. The second-order valence-electron chi connectivity index (χ2n) is 4.59. The molecule has 2 nitrogen and oxygen atoms in total. The van der Waals surface area contributed by atoms with E-state index in [1.54, 1.807) is 6.20 Å². The van der Waals surface area contributed by atoms with Crippen molar-refractivity contribution in [1.29, 1.82) is 0 Å². The zero-order valence-electron chi connectivity index (χ0n) is 9.76. The Hall–Kier alpha value is -1.67. The largest absolute Gasteiger partial charge is 0.310 e. The summed E-state index contributed by atoms with van der Waals surface area (Å²) in [6, 6.07) is 13.5. The van der Waals surface area contributed by atoms with Crippen molar-refractivity contribution in [3.8, 4) is 11.1 Å². The lowest BCUT2D eigenvalue weighted by Gasteiger charge is -2.05. The van der Waals surface area contributed by atoms with Crippen LogP contribution in [0.4, 0.5) is 0 Å². The Labute approximate surface area is 102 Å². The number of pyridine rings is 1. The van der Waals surface area contributed by atoms with E-state index in [4.69, 9.17) is 0 Å². The van der Waals surface area contributed by atoms with E-state index in [0.717, 1.165) is 12.6 Å². The third-order valence-corrected chi connectivity index (χ3v) is 3.12. The molecule has 17 heavy (non-hydrogen) atoms. The van der Waals surface area contributed by atoms with E-state index in [1.165, 1.54) is 29.5 Å². The van der Waals surface area contributed by atoms with Gasteiger partial charge in [0.15, 0.2) is 0 Å². The summed E-state index contributed by atoms with van der Waals surface area (Å²) in [4.78, 5) is 4.14. The lowest BCUT2D eigenvalue weighted by Crippen LogP contribution is -2.14. The molecule has 1 aliphatic carbocycles. The van der Waals surface area contributed by atoms with Gasteiger partial charge in [-0.05, 0) is 35.6 Å². The summed E-state index contributed by atoms with van der Waals surface area (Å²) in [5, 5.41) is 3.52. The Morgan fingerprint density at radius 3 is 2.53 bits per heavy atom. The van der Waals surface area contributed by atoms with Crippen LogP contribution in [0.2, 0.25) is 0 Å². The smallest absolute Gasteiger partial charge is 0.0346 e. The molecule has 1 aliphatic rings. The maximum Gasteiger partial charge on any atom is 0.0346 e. The van der Waals surface area contributed by atoms with Gasteiger partial charge >= 0.3 is 0 Å². The van der Waals surface area contributed by atoms with Crippen LogP contribution < -0.4 is 5.32 Å². The fourth-order valence-electron chi connectivity index (χ4n) is 1.90. The summed E-state index contributed by atoms with van der Waals surface area (Å²) in [7, 11) is 0. The van der Waals surface area contributed by atoms with Gasteiger partial charge < -0.3 is 5.32 Å². The Kier molecular flexibility index (Phi) is 2.88. The second-order valence-corrected chi connectivity index (χ2v) is 4.59. The van der Waals surface area contributed by atoms with Crippen LogP contribution in [-0.2, 0) is 6.54 Å². The summed E-state index contributed by atoms with van der Waals surface area (Å²) in [5.41, 5.74) is 3.76. The van der Waals surface area contributed by atoms with Gasteiger partial charge in [-0.25, -0.2) is 0 Å². The van der Waals surface area contributed by atoms with E-state index >= 15 is 0 Å². The Morgan fingerprint density at radius 2 is 1.88 bits per heavy atom. The van der Waals surface area contributed by atoms with E-state index in [1.807, 2.05) is 12.3 Å². The predicted octanol–water partition coefficient (Wildman–Crippen LogP) is 3.00. The summed E-state index contributed by atoms with van der Waals surface area (Å²) in [6.07, 6.45) is 6.39. The molecule has 1 aromatic carbocycles. The number of benzene rings is 1. The average Bonchev–Trinajstić information content (AvgIpc) is 3.22. The first-order valence-electron chi connectivity index (χ1n) is 6.14. The zero-order chi connectivity index (χ0) is 11.5. The lowest BCUT2D eigenvalue weighted by atomic mass is 10.1. The van der Waals surface area contributed by atoms with Crippen LogP contribution in [0.15, 0.2) is 48.8 Å². The molecule has 1 heterocycles. The Bertz CT molecular complexity index is 472. The molecular formula is C15H16N2. The fourth-order valence-corrected chi connectivity index (χ4v) is 1.90. The first-order valence-corrected chi connectivity index (χ1v) is 6.14. The van der Waals surface area contributed by atoms with Crippen molar-refractivity contribution < 1.29 is 0 Å². The van der Waals surface area contributed by atoms with Crippen molar-refractivity contribution in [3.63, 3.8) is 0 Å². The lowest BCUT2D eigenvalue weighted by molar-refractivity contribution is 0.688. The maximum absolute atomic E-state index is 4.14. The number of nitrogens with zero attached hydrogens (tertiary/aromatic N) is 1. The summed E-state index contributed by atoms with van der Waals surface area (Å²) in [5.74, 6) is 0. The summed E-state index contributed by atoms with van der Waals surface area (Å²) >= 11 is 0. The number of aromatic nitrogens is 1. The van der Waals surface area contributed by atoms with Crippen LogP contribution >= 0.6 is 0 Å². The minimum atomic E-state index is 0.771. The highest BCUT2D eigenvalue weighted by Crippen LogP contribution is 2.21. The molecule has 0 radical (unpaired) electrons. The third kappa shape index (κ3) is 2.71. The molecule has 3 rings (SSSR count). The quantitative estimate of drug-likeness (QED) is 0.863. The molecular weight excluding hydrogens is 208 g/mol. The predicted molar refractivity (Wildman–Crippen MR) is 69.5 cm³/mol. The molecule has 1 N–H and O–H groups in total. The van der Waals surface area contributed by atoms with Crippen LogP contribution in [0.1, 0.15) is 18.4 Å². The van der Waals surface area contributed by atoms with Crippen molar-refractivity contribution in [2.45, 2.75) is 25.4 Å². The number of nitrogens with one attached hydrogen (secondary N) is 1. The minimum Gasteiger partial charge on any atom is -0.310 e. The second kappa shape index (κ2) is 4.68. The summed E-state index contributed by atoms with van der Waals surface area (Å²) < 4.78 is 0. The van der Waals surface area contributed by atoms with Gasteiger partial charge in [-0.2, -0.15) is 0 Å². The Balaban J connectivity index is 1.70. The molecule has 2 aromatic rings. The first-order chi connectivity index (χ1) is 8.42. The van der Waals surface area contributed by atoms with Crippen LogP contribution in [0.25, 0.3) is 11.1 Å². The molecule has 86 valence electrons. The standard InChI is InChI=1S/C15H16N2/c1-2-14(11-16-9-1)13-5-3-12(4-6-13)10-17-15-7-8-15/h1-6,9,11,15,17H,7-8,10H2. The molecule has 0 amide bonds. The third-order valence-electron chi connectivity index (χ3n) is 3.12. The van der Waals surface area contributed by atoms with Crippen LogP contribution in [0, 0.1) is 0 Å². The van der Waals surface area contributed by atoms with Crippen molar-refractivity contribution in [1.82, 2.24) is 10.3 Å². The van der Waals surface area contributed by atoms with Gasteiger partial charge in [0.2, 0.25) is 0 Å². The number of hydrogen-bond acceptors (Lipinski definition) is 2. The minimum absolute atomic E-state index is 0.771. The molecule has 2 heteroatoms. The topological polar surface area (TPSA) is 24.9 Å². The maximum atomic E-state index is 4.14. The van der Waals surface area contributed by atoms with Gasteiger partial charge in [0, 0.05) is 25.0 Å². The monoisotopic (exact) mass is 224 g/mol. The SMILES string of the molecule is c1cncc(-c2ccc(CNC3CC3)cc2)c1. The van der Waals surface area contributed by atoms with Gasteiger partial charge in [-0.1, -0.05) is 30.3 Å². The van der Waals surface area contributed by atoms with Gasteiger partial charge in [-0.3, -0.25) is 4.98 Å². The number of rotatable bonds is 4. The van der Waals surface area contributed by atoms with E-state index < -0.39 is 0 Å². The molecule has 0 unspecified atom stereocenters. The highest BCUT2D eigenvalue weighted by atomic mass is 14.9. The van der Waals surface area contributed by atoms with Crippen LogP contribution in [0.3, 0.4) is 0 Å².